The average molecular weight is 368 g/mol. The summed E-state index contributed by atoms with van der Waals surface area (Å²) in [6.45, 7) is 0.226. The lowest BCUT2D eigenvalue weighted by atomic mass is 9.85. The molecule has 3 aromatic carbocycles. The van der Waals surface area contributed by atoms with Crippen molar-refractivity contribution in [3.8, 4) is 0 Å². The van der Waals surface area contributed by atoms with Crippen molar-refractivity contribution in [1.82, 2.24) is 0 Å². The van der Waals surface area contributed by atoms with Gasteiger partial charge in [-0.15, -0.1) is 12.4 Å². The maximum atomic E-state index is 12.6. The lowest BCUT2D eigenvalue weighted by Crippen LogP contribution is -2.38. The minimum Gasteiger partial charge on any atom is -0.460 e. The third kappa shape index (κ3) is 4.94. The molecule has 4 heteroatoms. The quantitative estimate of drug-likeness (QED) is 0.660. The predicted molar refractivity (Wildman–Crippen MR) is 106 cm³/mol. The first-order chi connectivity index (χ1) is 12.3. The number of ether oxygens (including phenoxy) is 1. The Labute approximate surface area is 160 Å². The highest BCUT2D eigenvalue weighted by atomic mass is 35.5. The SMILES string of the molecule is Cl.NC(C(=O)OCc1ccccc1)C(c1ccccc1)c1ccccc1. The van der Waals surface area contributed by atoms with E-state index >= 15 is 0 Å². The molecule has 0 aliphatic rings. The maximum Gasteiger partial charge on any atom is 0.324 e. The van der Waals surface area contributed by atoms with Gasteiger partial charge in [0.25, 0.3) is 0 Å². The molecule has 3 nitrogen and oxygen atoms in total. The average Bonchev–Trinajstić information content (AvgIpc) is 2.69. The number of carbonyl (C=O) groups excluding carboxylic acids is 1. The van der Waals surface area contributed by atoms with Gasteiger partial charge < -0.3 is 10.5 Å². The summed E-state index contributed by atoms with van der Waals surface area (Å²) < 4.78 is 5.45. The van der Waals surface area contributed by atoms with Crippen LogP contribution in [-0.2, 0) is 16.1 Å². The predicted octanol–water partition coefficient (Wildman–Crippen LogP) is 4.31. The van der Waals surface area contributed by atoms with E-state index < -0.39 is 12.0 Å². The van der Waals surface area contributed by atoms with Crippen LogP contribution in [0.1, 0.15) is 22.6 Å². The van der Waals surface area contributed by atoms with Crippen LogP contribution in [0.3, 0.4) is 0 Å². The minimum atomic E-state index is -0.770. The molecule has 1 unspecified atom stereocenters. The van der Waals surface area contributed by atoms with Crippen molar-refractivity contribution in [1.29, 1.82) is 0 Å². The van der Waals surface area contributed by atoms with E-state index in [-0.39, 0.29) is 24.9 Å². The highest BCUT2D eigenvalue weighted by molar-refractivity contribution is 5.85. The van der Waals surface area contributed by atoms with Gasteiger partial charge >= 0.3 is 5.97 Å². The molecule has 0 heterocycles. The Morgan fingerprint density at radius 2 is 1.19 bits per heavy atom. The van der Waals surface area contributed by atoms with Gasteiger partial charge in [0.05, 0.1) is 0 Å². The second-order valence-electron chi connectivity index (χ2n) is 5.92. The van der Waals surface area contributed by atoms with Crippen LogP contribution < -0.4 is 5.73 Å². The van der Waals surface area contributed by atoms with Crippen LogP contribution in [0.2, 0.25) is 0 Å². The Morgan fingerprint density at radius 3 is 1.65 bits per heavy atom. The van der Waals surface area contributed by atoms with E-state index in [1.165, 1.54) is 0 Å². The summed E-state index contributed by atoms with van der Waals surface area (Å²) >= 11 is 0. The lowest BCUT2D eigenvalue weighted by molar-refractivity contribution is -0.146. The largest absolute Gasteiger partial charge is 0.460 e. The molecule has 26 heavy (non-hydrogen) atoms. The second-order valence-corrected chi connectivity index (χ2v) is 5.92. The molecule has 0 fully saturated rings. The third-order valence-electron chi connectivity index (χ3n) is 4.17. The van der Waals surface area contributed by atoms with Crippen molar-refractivity contribution in [3.63, 3.8) is 0 Å². The fourth-order valence-electron chi connectivity index (χ4n) is 2.89. The Kier molecular flexibility index (Phi) is 7.39. The fraction of sp³-hybridized carbons (Fsp3) is 0.136. The van der Waals surface area contributed by atoms with Crippen molar-refractivity contribution in [2.75, 3.05) is 0 Å². The summed E-state index contributed by atoms with van der Waals surface area (Å²) in [6.07, 6.45) is 0. The number of benzene rings is 3. The van der Waals surface area contributed by atoms with Gasteiger partial charge in [0, 0.05) is 5.92 Å². The summed E-state index contributed by atoms with van der Waals surface area (Å²) in [6, 6.07) is 28.5. The number of hydrogen-bond donors (Lipinski definition) is 1. The van der Waals surface area contributed by atoms with E-state index in [2.05, 4.69) is 0 Å². The summed E-state index contributed by atoms with van der Waals surface area (Å²) in [5, 5.41) is 0. The highest BCUT2D eigenvalue weighted by Crippen LogP contribution is 2.27. The number of esters is 1. The zero-order valence-corrected chi connectivity index (χ0v) is 15.1. The maximum absolute atomic E-state index is 12.6. The van der Waals surface area contributed by atoms with E-state index in [1.54, 1.807) is 0 Å². The Balaban J connectivity index is 0.00000243. The third-order valence-corrected chi connectivity index (χ3v) is 4.17. The lowest BCUT2D eigenvalue weighted by Gasteiger charge is -2.23. The summed E-state index contributed by atoms with van der Waals surface area (Å²) in [5.41, 5.74) is 9.25. The van der Waals surface area contributed by atoms with E-state index in [0.29, 0.717) is 0 Å². The first-order valence-electron chi connectivity index (χ1n) is 8.32. The van der Waals surface area contributed by atoms with E-state index in [9.17, 15) is 4.79 Å². The van der Waals surface area contributed by atoms with E-state index in [4.69, 9.17) is 10.5 Å². The number of hydrogen-bond acceptors (Lipinski definition) is 3. The van der Waals surface area contributed by atoms with Crippen LogP contribution in [-0.4, -0.2) is 12.0 Å². The molecule has 0 radical (unpaired) electrons. The van der Waals surface area contributed by atoms with E-state index in [1.807, 2.05) is 91.0 Å². The molecule has 1 atom stereocenters. The second kappa shape index (κ2) is 9.76. The summed E-state index contributed by atoms with van der Waals surface area (Å²) in [7, 11) is 0. The van der Waals surface area contributed by atoms with Gasteiger partial charge in [-0.1, -0.05) is 91.0 Å². The van der Waals surface area contributed by atoms with Crippen LogP contribution in [0.5, 0.6) is 0 Å². The van der Waals surface area contributed by atoms with Crippen molar-refractivity contribution in [2.45, 2.75) is 18.6 Å². The number of halogens is 1. The highest BCUT2D eigenvalue weighted by Gasteiger charge is 2.28. The molecule has 0 aliphatic heterocycles. The molecule has 134 valence electrons. The summed E-state index contributed by atoms with van der Waals surface area (Å²) in [5.74, 6) is -0.646. The minimum absolute atomic E-state index is 0. The van der Waals surface area contributed by atoms with Crippen LogP contribution in [0.4, 0.5) is 0 Å². The van der Waals surface area contributed by atoms with Crippen molar-refractivity contribution < 1.29 is 9.53 Å². The molecule has 0 saturated heterocycles. The van der Waals surface area contributed by atoms with Crippen molar-refractivity contribution in [3.05, 3.63) is 108 Å². The van der Waals surface area contributed by atoms with Gasteiger partial charge in [0.15, 0.2) is 0 Å². The topological polar surface area (TPSA) is 52.3 Å². The standard InChI is InChI=1S/C22H21NO2.ClH/c23-21(22(24)25-16-17-10-4-1-5-11-17)20(18-12-6-2-7-13-18)19-14-8-3-9-15-19;/h1-15,20-21H,16,23H2;1H. The fourth-order valence-corrected chi connectivity index (χ4v) is 2.89. The van der Waals surface area contributed by atoms with Crippen molar-refractivity contribution >= 4 is 18.4 Å². The molecule has 0 amide bonds. The van der Waals surface area contributed by atoms with Gasteiger partial charge in [-0.2, -0.15) is 0 Å². The molecule has 0 spiro atoms. The first kappa shape index (κ1) is 19.7. The van der Waals surface area contributed by atoms with Gasteiger partial charge in [0.1, 0.15) is 12.6 Å². The van der Waals surface area contributed by atoms with Gasteiger partial charge in [-0.05, 0) is 16.7 Å². The van der Waals surface area contributed by atoms with Crippen LogP contribution in [0.25, 0.3) is 0 Å². The first-order valence-corrected chi connectivity index (χ1v) is 8.32. The number of nitrogens with two attached hydrogens (primary N) is 1. The molecular formula is C22H22ClNO2. The molecule has 3 aromatic rings. The Bertz CT molecular complexity index is 755. The molecule has 0 bridgehead atoms. The smallest absolute Gasteiger partial charge is 0.324 e. The van der Waals surface area contributed by atoms with Crippen LogP contribution in [0.15, 0.2) is 91.0 Å². The van der Waals surface area contributed by atoms with Gasteiger partial charge in [0.2, 0.25) is 0 Å². The monoisotopic (exact) mass is 367 g/mol. The molecular weight excluding hydrogens is 346 g/mol. The molecule has 0 aromatic heterocycles. The Hall–Kier alpha value is -2.62. The van der Waals surface area contributed by atoms with Crippen molar-refractivity contribution in [2.24, 2.45) is 5.73 Å². The zero-order valence-electron chi connectivity index (χ0n) is 14.3. The Morgan fingerprint density at radius 1 is 0.769 bits per heavy atom. The molecule has 2 N–H and O–H groups in total. The normalized spacial score (nSPS) is 11.5. The number of carbonyl (C=O) groups is 1. The molecule has 3 rings (SSSR count). The molecule has 0 saturated carbocycles. The van der Waals surface area contributed by atoms with E-state index in [0.717, 1.165) is 16.7 Å². The van der Waals surface area contributed by atoms with Crippen LogP contribution in [0, 0.1) is 0 Å². The van der Waals surface area contributed by atoms with Gasteiger partial charge in [-0.25, -0.2) is 0 Å². The number of rotatable bonds is 6. The summed E-state index contributed by atoms with van der Waals surface area (Å²) in [4.78, 5) is 12.6. The van der Waals surface area contributed by atoms with Crippen LogP contribution >= 0.6 is 12.4 Å². The van der Waals surface area contributed by atoms with Gasteiger partial charge in [-0.3, -0.25) is 4.79 Å². The zero-order chi connectivity index (χ0) is 17.5. The molecule has 0 aliphatic carbocycles.